The second-order valence-corrected chi connectivity index (χ2v) is 3.59. The average molecular weight is 205 g/mol. The van der Waals surface area contributed by atoms with Crippen LogP contribution in [0, 0.1) is 0 Å². The molecular formula is C7H6BrCl. The zero-order valence-electron chi connectivity index (χ0n) is 4.72. The molecule has 0 aliphatic heterocycles. The summed E-state index contributed by atoms with van der Waals surface area (Å²) in [5, 5.41) is 0. The van der Waals surface area contributed by atoms with Gasteiger partial charge in [0, 0.05) is 0 Å². The molecule has 0 radical (unpaired) electrons. The van der Waals surface area contributed by atoms with Crippen molar-refractivity contribution >= 4 is 27.5 Å². The molecule has 1 aromatic carbocycles. The van der Waals surface area contributed by atoms with Gasteiger partial charge in [0.15, 0.2) is 0 Å². The Morgan fingerprint density at radius 3 is 2.11 bits per heavy atom. The van der Waals surface area contributed by atoms with Crippen LogP contribution < -0.4 is 0 Å². The molecule has 0 aliphatic rings. The Kier molecular flexibility index (Phi) is 2.55. The maximum absolute atomic E-state index is 5.72. The number of hydrogen-bond acceptors (Lipinski definition) is 0. The third-order valence-electron chi connectivity index (χ3n) is 1.05. The monoisotopic (exact) mass is 204 g/mol. The van der Waals surface area contributed by atoms with Crippen molar-refractivity contribution in [2.24, 2.45) is 0 Å². The minimum absolute atomic E-state index is 0.0568. The zero-order valence-corrected chi connectivity index (χ0v) is 7.06. The number of benzene rings is 1. The van der Waals surface area contributed by atoms with Gasteiger partial charge in [0.25, 0.3) is 0 Å². The van der Waals surface area contributed by atoms with Crippen LogP contribution in [-0.2, 0) is 0 Å². The van der Waals surface area contributed by atoms with Crippen molar-refractivity contribution in [1.82, 2.24) is 0 Å². The maximum atomic E-state index is 5.72. The second-order valence-electron chi connectivity index (χ2n) is 1.71. The molecule has 0 heterocycles. The van der Waals surface area contributed by atoms with Gasteiger partial charge in [-0.2, -0.15) is 0 Å². The summed E-state index contributed by atoms with van der Waals surface area (Å²) in [6, 6.07) is 9.85. The predicted octanol–water partition coefficient (Wildman–Crippen LogP) is 3.32. The fourth-order valence-electron chi connectivity index (χ4n) is 0.599. The van der Waals surface area contributed by atoms with Gasteiger partial charge >= 0.3 is 0 Å². The Labute approximate surface area is 68.0 Å². The SMILES string of the molecule is ClC(Br)c1ccccc1. The van der Waals surface area contributed by atoms with Gasteiger partial charge in [-0.05, 0) is 5.56 Å². The standard InChI is InChI=1S/C7H6BrCl/c8-7(9)6-4-2-1-3-5-6/h1-5,7H. The van der Waals surface area contributed by atoms with E-state index in [1.54, 1.807) is 0 Å². The lowest BCUT2D eigenvalue weighted by Crippen LogP contribution is -1.76. The first kappa shape index (κ1) is 7.10. The predicted molar refractivity (Wildman–Crippen MR) is 44.0 cm³/mol. The van der Waals surface area contributed by atoms with Gasteiger partial charge in [0.2, 0.25) is 0 Å². The minimum atomic E-state index is -0.0568. The second kappa shape index (κ2) is 3.23. The van der Waals surface area contributed by atoms with Gasteiger partial charge in [0.05, 0.1) is 0 Å². The quantitative estimate of drug-likeness (QED) is 0.617. The molecule has 1 atom stereocenters. The molecule has 1 unspecified atom stereocenters. The van der Waals surface area contributed by atoms with Gasteiger partial charge in [-0.25, -0.2) is 0 Å². The maximum Gasteiger partial charge on any atom is 0.113 e. The Morgan fingerprint density at radius 2 is 1.78 bits per heavy atom. The van der Waals surface area contributed by atoms with Gasteiger partial charge in [-0.15, -0.1) is 11.6 Å². The summed E-state index contributed by atoms with van der Waals surface area (Å²) < 4.78 is -0.0568. The molecule has 9 heavy (non-hydrogen) atoms. The average Bonchev–Trinajstić information content (AvgIpc) is 1.90. The molecule has 1 aromatic rings. The van der Waals surface area contributed by atoms with Crippen LogP contribution >= 0.6 is 27.5 Å². The summed E-state index contributed by atoms with van der Waals surface area (Å²) in [5.41, 5.74) is 1.10. The number of halogens is 2. The Bertz CT molecular complexity index is 172. The first-order valence-electron chi connectivity index (χ1n) is 2.64. The minimum Gasteiger partial charge on any atom is -0.105 e. The summed E-state index contributed by atoms with van der Waals surface area (Å²) in [4.78, 5) is 0. The first-order chi connectivity index (χ1) is 4.30. The lowest BCUT2D eigenvalue weighted by molar-refractivity contribution is 1.39. The van der Waals surface area contributed by atoms with E-state index < -0.39 is 0 Å². The molecule has 0 saturated carbocycles. The normalized spacial score (nSPS) is 13.1. The molecule has 0 aromatic heterocycles. The summed E-state index contributed by atoms with van der Waals surface area (Å²) in [6.45, 7) is 0. The van der Waals surface area contributed by atoms with Crippen LogP contribution in [0.25, 0.3) is 0 Å². The van der Waals surface area contributed by atoms with E-state index in [-0.39, 0.29) is 4.29 Å². The van der Waals surface area contributed by atoms with E-state index in [4.69, 9.17) is 11.6 Å². The van der Waals surface area contributed by atoms with E-state index in [2.05, 4.69) is 15.9 Å². The molecule has 0 amide bonds. The van der Waals surface area contributed by atoms with Gasteiger partial charge < -0.3 is 0 Å². The van der Waals surface area contributed by atoms with Crippen molar-refractivity contribution in [3.8, 4) is 0 Å². The van der Waals surface area contributed by atoms with Crippen LogP contribution in [0.5, 0.6) is 0 Å². The van der Waals surface area contributed by atoms with E-state index in [1.165, 1.54) is 0 Å². The summed E-state index contributed by atoms with van der Waals surface area (Å²) >= 11 is 8.97. The third-order valence-corrected chi connectivity index (χ3v) is 1.83. The van der Waals surface area contributed by atoms with Crippen molar-refractivity contribution < 1.29 is 0 Å². The number of hydrogen-bond donors (Lipinski definition) is 0. The highest BCUT2D eigenvalue weighted by Gasteiger charge is 1.98. The van der Waals surface area contributed by atoms with Crippen LogP contribution in [0.2, 0.25) is 0 Å². The zero-order chi connectivity index (χ0) is 6.69. The molecule has 0 N–H and O–H groups in total. The van der Waals surface area contributed by atoms with Crippen molar-refractivity contribution in [3.05, 3.63) is 35.9 Å². The van der Waals surface area contributed by atoms with E-state index in [0.717, 1.165) is 5.56 Å². The summed E-state index contributed by atoms with van der Waals surface area (Å²) in [5.74, 6) is 0. The molecular weight excluding hydrogens is 199 g/mol. The van der Waals surface area contributed by atoms with Crippen molar-refractivity contribution in [2.75, 3.05) is 0 Å². The number of alkyl halides is 2. The van der Waals surface area contributed by atoms with E-state index in [0.29, 0.717) is 0 Å². The van der Waals surface area contributed by atoms with Crippen LogP contribution in [0.4, 0.5) is 0 Å². The molecule has 48 valence electrons. The molecule has 0 bridgehead atoms. The van der Waals surface area contributed by atoms with Crippen LogP contribution in [-0.4, -0.2) is 0 Å². The summed E-state index contributed by atoms with van der Waals surface area (Å²) in [7, 11) is 0. The largest absolute Gasteiger partial charge is 0.113 e. The van der Waals surface area contributed by atoms with Crippen LogP contribution in [0.1, 0.15) is 9.85 Å². The fraction of sp³-hybridized carbons (Fsp3) is 0.143. The van der Waals surface area contributed by atoms with Gasteiger partial charge in [-0.1, -0.05) is 46.3 Å². The highest BCUT2D eigenvalue weighted by atomic mass is 79.9. The lowest BCUT2D eigenvalue weighted by Gasteiger charge is -1.97. The highest BCUT2D eigenvalue weighted by molar-refractivity contribution is 9.09. The Hall–Kier alpha value is -0.0100. The Morgan fingerprint density at radius 1 is 1.22 bits per heavy atom. The van der Waals surface area contributed by atoms with E-state index >= 15 is 0 Å². The van der Waals surface area contributed by atoms with Gasteiger partial charge in [0.1, 0.15) is 4.29 Å². The Balaban J connectivity index is 2.85. The number of rotatable bonds is 1. The molecule has 0 saturated heterocycles. The van der Waals surface area contributed by atoms with Gasteiger partial charge in [-0.3, -0.25) is 0 Å². The molecule has 0 aliphatic carbocycles. The van der Waals surface area contributed by atoms with Crippen molar-refractivity contribution in [1.29, 1.82) is 0 Å². The fourth-order valence-corrected chi connectivity index (χ4v) is 1.05. The van der Waals surface area contributed by atoms with E-state index in [9.17, 15) is 0 Å². The lowest BCUT2D eigenvalue weighted by atomic mass is 10.2. The highest BCUT2D eigenvalue weighted by Crippen LogP contribution is 2.25. The first-order valence-corrected chi connectivity index (χ1v) is 3.99. The topological polar surface area (TPSA) is 0 Å². The van der Waals surface area contributed by atoms with Crippen LogP contribution in [0.15, 0.2) is 30.3 Å². The molecule has 1 rings (SSSR count). The van der Waals surface area contributed by atoms with E-state index in [1.807, 2.05) is 30.3 Å². The smallest absolute Gasteiger partial charge is 0.105 e. The van der Waals surface area contributed by atoms with Crippen molar-refractivity contribution in [3.63, 3.8) is 0 Å². The third kappa shape index (κ3) is 1.99. The van der Waals surface area contributed by atoms with Crippen molar-refractivity contribution in [2.45, 2.75) is 4.29 Å². The van der Waals surface area contributed by atoms with Crippen LogP contribution in [0.3, 0.4) is 0 Å². The molecule has 0 fully saturated rings. The molecule has 0 spiro atoms. The summed E-state index contributed by atoms with van der Waals surface area (Å²) in [6.07, 6.45) is 0. The molecule has 0 nitrogen and oxygen atoms in total. The molecule has 2 heteroatoms.